The molecule has 1 aromatic rings. The third kappa shape index (κ3) is 3.13. The van der Waals surface area contributed by atoms with E-state index in [0.29, 0.717) is 5.56 Å². The number of hydrogen-bond acceptors (Lipinski definition) is 5. The summed E-state index contributed by atoms with van der Waals surface area (Å²) in [5.74, 6) is -1.62. The van der Waals surface area contributed by atoms with Gasteiger partial charge in [-0.1, -0.05) is 12.1 Å². The Balaban J connectivity index is 2.25. The van der Waals surface area contributed by atoms with Crippen LogP contribution in [0.3, 0.4) is 0 Å². The van der Waals surface area contributed by atoms with Gasteiger partial charge in [0.1, 0.15) is 11.9 Å². The van der Waals surface area contributed by atoms with Crippen LogP contribution in [0.5, 0.6) is 0 Å². The third-order valence-corrected chi connectivity index (χ3v) is 3.80. The maximum atomic E-state index is 12.8. The second-order valence-electron chi connectivity index (χ2n) is 4.30. The minimum atomic E-state index is -0.985. The van der Waals surface area contributed by atoms with Crippen LogP contribution in [0, 0.1) is 5.82 Å². The molecule has 0 spiro atoms. The molecule has 0 saturated carbocycles. The highest BCUT2D eigenvalue weighted by Gasteiger charge is 2.41. The Labute approximate surface area is 124 Å². The zero-order valence-corrected chi connectivity index (χ0v) is 12.1. The fraction of sp³-hybridized carbons (Fsp3) is 0.214. The number of carbonyl (C=O) groups excluding carboxylic acids is 3. The first-order valence-electron chi connectivity index (χ1n) is 6.04. The molecule has 21 heavy (non-hydrogen) atoms. The van der Waals surface area contributed by atoms with Gasteiger partial charge in [-0.05, 0) is 42.5 Å². The van der Waals surface area contributed by atoms with Crippen LogP contribution >= 0.6 is 11.8 Å². The summed E-state index contributed by atoms with van der Waals surface area (Å²) in [6.07, 6.45) is 1.48. The predicted octanol–water partition coefficient (Wildman–Crippen LogP) is 2.42. The fourth-order valence-electron chi connectivity index (χ4n) is 1.80. The average molecular weight is 309 g/mol. The molecule has 0 aliphatic carbocycles. The molecule has 1 aliphatic rings. The van der Waals surface area contributed by atoms with Crippen LogP contribution in [0.1, 0.15) is 12.5 Å². The molecular formula is C14H12FNO4S. The number of carbonyl (C=O) groups is 3. The van der Waals surface area contributed by atoms with E-state index in [1.807, 2.05) is 0 Å². The van der Waals surface area contributed by atoms with E-state index in [2.05, 4.69) is 4.74 Å². The molecule has 0 bridgehead atoms. The molecule has 1 aromatic carbocycles. The van der Waals surface area contributed by atoms with E-state index in [1.165, 1.54) is 44.4 Å². The highest BCUT2D eigenvalue weighted by atomic mass is 32.2. The Kier molecular flexibility index (Phi) is 4.42. The maximum absolute atomic E-state index is 12.8. The second kappa shape index (κ2) is 6.09. The molecule has 1 saturated heterocycles. The van der Waals surface area contributed by atoms with Gasteiger partial charge in [-0.2, -0.15) is 0 Å². The molecule has 0 N–H and O–H groups in total. The van der Waals surface area contributed by atoms with Crippen molar-refractivity contribution in [3.63, 3.8) is 0 Å². The van der Waals surface area contributed by atoms with Gasteiger partial charge in [0.15, 0.2) is 0 Å². The summed E-state index contributed by atoms with van der Waals surface area (Å²) in [5.41, 5.74) is 0.590. The summed E-state index contributed by atoms with van der Waals surface area (Å²) in [6.45, 7) is 1.42. The number of imide groups is 1. The summed E-state index contributed by atoms with van der Waals surface area (Å²) in [7, 11) is 1.19. The van der Waals surface area contributed by atoms with E-state index in [-0.39, 0.29) is 10.7 Å². The van der Waals surface area contributed by atoms with E-state index in [0.717, 1.165) is 16.7 Å². The maximum Gasteiger partial charge on any atom is 0.328 e. The first kappa shape index (κ1) is 15.2. The van der Waals surface area contributed by atoms with Crippen LogP contribution in [0.25, 0.3) is 6.08 Å². The van der Waals surface area contributed by atoms with E-state index in [1.54, 1.807) is 0 Å². The number of rotatable bonds is 3. The normalized spacial score (nSPS) is 18.2. The van der Waals surface area contributed by atoms with E-state index < -0.39 is 23.2 Å². The number of ether oxygens (including phenoxy) is 1. The highest BCUT2D eigenvalue weighted by molar-refractivity contribution is 8.18. The van der Waals surface area contributed by atoms with E-state index in [9.17, 15) is 18.8 Å². The summed E-state index contributed by atoms with van der Waals surface area (Å²) < 4.78 is 17.4. The van der Waals surface area contributed by atoms with Gasteiger partial charge in [-0.3, -0.25) is 14.5 Å². The lowest BCUT2D eigenvalue weighted by Crippen LogP contribution is -2.42. The van der Waals surface area contributed by atoms with Crippen molar-refractivity contribution in [1.29, 1.82) is 0 Å². The van der Waals surface area contributed by atoms with Gasteiger partial charge in [0, 0.05) is 0 Å². The van der Waals surface area contributed by atoms with Gasteiger partial charge >= 0.3 is 5.97 Å². The molecule has 5 nitrogen and oxygen atoms in total. The van der Waals surface area contributed by atoms with E-state index >= 15 is 0 Å². The fourth-order valence-corrected chi connectivity index (χ4v) is 2.71. The Morgan fingerprint density at radius 1 is 1.33 bits per heavy atom. The number of amides is 2. The summed E-state index contributed by atoms with van der Waals surface area (Å²) in [6, 6.07) is 4.52. The van der Waals surface area contributed by atoms with Crippen LogP contribution in [0.15, 0.2) is 29.2 Å². The van der Waals surface area contributed by atoms with Crippen molar-refractivity contribution in [2.75, 3.05) is 7.11 Å². The zero-order valence-electron chi connectivity index (χ0n) is 11.3. The van der Waals surface area contributed by atoms with Gasteiger partial charge in [0.2, 0.25) is 0 Å². The number of halogens is 1. The monoisotopic (exact) mass is 309 g/mol. The summed E-state index contributed by atoms with van der Waals surface area (Å²) in [4.78, 5) is 36.5. The predicted molar refractivity (Wildman–Crippen MR) is 75.7 cm³/mol. The van der Waals surface area contributed by atoms with Crippen LogP contribution in [-0.2, 0) is 14.3 Å². The Morgan fingerprint density at radius 2 is 1.95 bits per heavy atom. The van der Waals surface area contributed by atoms with E-state index in [4.69, 9.17) is 0 Å². The van der Waals surface area contributed by atoms with Gasteiger partial charge in [-0.25, -0.2) is 9.18 Å². The lowest BCUT2D eigenvalue weighted by atomic mass is 10.2. The van der Waals surface area contributed by atoms with Crippen LogP contribution < -0.4 is 0 Å². The lowest BCUT2D eigenvalue weighted by molar-refractivity contribution is -0.148. The largest absolute Gasteiger partial charge is 0.467 e. The first-order chi connectivity index (χ1) is 9.93. The minimum Gasteiger partial charge on any atom is -0.467 e. The molecule has 0 aromatic heterocycles. The topological polar surface area (TPSA) is 63.7 Å². The van der Waals surface area contributed by atoms with Gasteiger partial charge in [0.05, 0.1) is 12.0 Å². The number of hydrogen-bond donors (Lipinski definition) is 0. The van der Waals surface area contributed by atoms with Crippen molar-refractivity contribution in [2.24, 2.45) is 0 Å². The van der Waals surface area contributed by atoms with Crippen molar-refractivity contribution >= 4 is 35.0 Å². The van der Waals surface area contributed by atoms with Crippen LogP contribution in [-0.4, -0.2) is 35.2 Å². The van der Waals surface area contributed by atoms with Crippen LogP contribution in [0.2, 0.25) is 0 Å². The average Bonchev–Trinajstić information content (AvgIpc) is 2.74. The highest BCUT2D eigenvalue weighted by Crippen LogP contribution is 2.33. The summed E-state index contributed by atoms with van der Waals surface area (Å²) in [5, 5.41) is -0.536. The van der Waals surface area contributed by atoms with Gasteiger partial charge in [0.25, 0.3) is 11.1 Å². The SMILES string of the molecule is COC(=O)[C@H](C)N1C(=O)S/C(=C\c2ccc(F)cc2)C1=O. The lowest BCUT2D eigenvalue weighted by Gasteiger charge is -2.18. The minimum absolute atomic E-state index is 0.183. The number of esters is 1. The van der Waals surface area contributed by atoms with Crippen molar-refractivity contribution in [1.82, 2.24) is 4.90 Å². The van der Waals surface area contributed by atoms with Crippen LogP contribution in [0.4, 0.5) is 9.18 Å². The third-order valence-electron chi connectivity index (χ3n) is 2.92. The van der Waals surface area contributed by atoms with Crippen molar-refractivity contribution in [3.05, 3.63) is 40.6 Å². The molecule has 1 fully saturated rings. The number of methoxy groups -OCH3 is 1. The quantitative estimate of drug-likeness (QED) is 0.634. The molecule has 0 unspecified atom stereocenters. The molecule has 1 aliphatic heterocycles. The smallest absolute Gasteiger partial charge is 0.328 e. The Bertz CT molecular complexity index is 626. The molecule has 110 valence electrons. The van der Waals surface area contributed by atoms with Crippen molar-refractivity contribution in [2.45, 2.75) is 13.0 Å². The number of thioether (sulfide) groups is 1. The Hall–Kier alpha value is -2.15. The molecule has 7 heteroatoms. The number of benzene rings is 1. The molecule has 0 radical (unpaired) electrons. The Morgan fingerprint density at radius 3 is 2.52 bits per heavy atom. The molecule has 2 amide bonds. The molecule has 1 atom stereocenters. The standard InChI is InChI=1S/C14H12FNO4S/c1-8(13(18)20-2)16-12(17)11(21-14(16)19)7-9-3-5-10(15)6-4-9/h3-8H,1-2H3/b11-7-/t8-/m0/s1. The first-order valence-corrected chi connectivity index (χ1v) is 6.86. The van der Waals surface area contributed by atoms with Crippen molar-refractivity contribution in [3.8, 4) is 0 Å². The molecular weight excluding hydrogens is 297 g/mol. The summed E-state index contributed by atoms with van der Waals surface area (Å²) >= 11 is 0.734. The molecule has 1 heterocycles. The van der Waals surface area contributed by atoms with Gasteiger partial charge in [-0.15, -0.1) is 0 Å². The number of nitrogens with zero attached hydrogens (tertiary/aromatic N) is 1. The van der Waals surface area contributed by atoms with Gasteiger partial charge < -0.3 is 4.74 Å². The second-order valence-corrected chi connectivity index (χ2v) is 5.30. The van der Waals surface area contributed by atoms with Crippen molar-refractivity contribution < 1.29 is 23.5 Å². The zero-order chi connectivity index (χ0) is 15.6. The molecule has 2 rings (SSSR count).